The van der Waals surface area contributed by atoms with E-state index in [0.29, 0.717) is 0 Å². The highest BCUT2D eigenvalue weighted by molar-refractivity contribution is 5.71. The summed E-state index contributed by atoms with van der Waals surface area (Å²) in [5.74, 6) is 0. The molecule has 16 heavy (non-hydrogen) atoms. The molecule has 1 unspecified atom stereocenters. The van der Waals surface area contributed by atoms with E-state index in [1.165, 1.54) is 6.08 Å². The van der Waals surface area contributed by atoms with Gasteiger partial charge in [-0.25, -0.2) is 4.39 Å². The van der Waals surface area contributed by atoms with Crippen molar-refractivity contribution in [1.82, 2.24) is 0 Å². The first kappa shape index (κ1) is 10.4. The quantitative estimate of drug-likeness (QED) is 0.781. The van der Waals surface area contributed by atoms with E-state index in [1.807, 2.05) is 30.3 Å². The predicted octanol–water partition coefficient (Wildman–Crippen LogP) is 2.55. The largest absolute Gasteiger partial charge is 0.399 e. The van der Waals surface area contributed by atoms with E-state index in [2.05, 4.69) is 0 Å². The van der Waals surface area contributed by atoms with Crippen LogP contribution in [0.1, 0.15) is 12.0 Å². The van der Waals surface area contributed by atoms with Gasteiger partial charge in [0.05, 0.1) is 5.70 Å². The Morgan fingerprint density at radius 2 is 1.94 bits per heavy atom. The van der Waals surface area contributed by atoms with Gasteiger partial charge in [0.2, 0.25) is 5.67 Å². The fourth-order valence-corrected chi connectivity index (χ4v) is 1.70. The van der Waals surface area contributed by atoms with Gasteiger partial charge in [0.1, 0.15) is 6.07 Å². The molecule has 1 aromatic carbocycles. The second-order valence-corrected chi connectivity index (χ2v) is 3.77. The number of nitrogens with two attached hydrogens (primary N) is 1. The molecule has 0 aliphatic heterocycles. The van der Waals surface area contributed by atoms with Crippen LogP contribution in [0.25, 0.3) is 5.57 Å². The third kappa shape index (κ3) is 1.70. The summed E-state index contributed by atoms with van der Waals surface area (Å²) in [4.78, 5) is 0. The lowest BCUT2D eigenvalue weighted by atomic mass is 9.86. The SMILES string of the molecule is N#CC1(F)CC(c2ccccc2)=CC=C1N. The van der Waals surface area contributed by atoms with E-state index in [4.69, 9.17) is 11.0 Å². The van der Waals surface area contributed by atoms with E-state index >= 15 is 0 Å². The third-order valence-corrected chi connectivity index (χ3v) is 2.68. The number of nitrogens with zero attached hydrogens (tertiary/aromatic N) is 1. The standard InChI is InChI=1S/C13H11FN2/c14-13(9-15)8-11(6-7-12(13)16)10-4-2-1-3-5-10/h1-7H,8,16H2. The molecule has 0 aromatic heterocycles. The molecule has 2 N–H and O–H groups in total. The Balaban J connectivity index is 2.38. The van der Waals surface area contributed by atoms with Gasteiger partial charge < -0.3 is 5.73 Å². The van der Waals surface area contributed by atoms with Crippen molar-refractivity contribution >= 4 is 5.57 Å². The van der Waals surface area contributed by atoms with Crippen LogP contribution in [0.2, 0.25) is 0 Å². The molecule has 0 radical (unpaired) electrons. The van der Waals surface area contributed by atoms with Crippen LogP contribution in [-0.2, 0) is 0 Å². The smallest absolute Gasteiger partial charge is 0.239 e. The van der Waals surface area contributed by atoms with Gasteiger partial charge in [-0.2, -0.15) is 5.26 Å². The summed E-state index contributed by atoms with van der Waals surface area (Å²) in [6, 6.07) is 11.1. The van der Waals surface area contributed by atoms with E-state index in [0.717, 1.165) is 11.1 Å². The fraction of sp³-hybridized carbons (Fsp3) is 0.154. The van der Waals surface area contributed by atoms with Crippen molar-refractivity contribution in [2.45, 2.75) is 12.1 Å². The number of rotatable bonds is 1. The molecule has 0 bridgehead atoms. The summed E-state index contributed by atoms with van der Waals surface area (Å²) in [6.45, 7) is 0. The van der Waals surface area contributed by atoms with Crippen LogP contribution >= 0.6 is 0 Å². The van der Waals surface area contributed by atoms with Crippen LogP contribution in [0.4, 0.5) is 4.39 Å². The minimum Gasteiger partial charge on any atom is -0.399 e. The van der Waals surface area contributed by atoms with Gasteiger partial charge in [-0.1, -0.05) is 36.4 Å². The molecule has 1 aliphatic rings. The fourth-order valence-electron chi connectivity index (χ4n) is 1.70. The maximum Gasteiger partial charge on any atom is 0.239 e. The van der Waals surface area contributed by atoms with Gasteiger partial charge in [-0.3, -0.25) is 0 Å². The first-order valence-corrected chi connectivity index (χ1v) is 4.98. The van der Waals surface area contributed by atoms with E-state index in [9.17, 15) is 4.39 Å². The number of allylic oxidation sites excluding steroid dienone is 4. The van der Waals surface area contributed by atoms with Crippen LogP contribution < -0.4 is 5.73 Å². The van der Waals surface area contributed by atoms with E-state index in [-0.39, 0.29) is 12.1 Å². The average Bonchev–Trinajstić information content (AvgIpc) is 2.34. The van der Waals surface area contributed by atoms with Gasteiger partial charge in [0.25, 0.3) is 0 Å². The first-order valence-electron chi connectivity index (χ1n) is 4.98. The number of nitriles is 1. The number of hydrogen-bond acceptors (Lipinski definition) is 2. The second-order valence-electron chi connectivity index (χ2n) is 3.77. The molecule has 0 fully saturated rings. The highest BCUT2D eigenvalue weighted by atomic mass is 19.1. The summed E-state index contributed by atoms with van der Waals surface area (Å²) < 4.78 is 14.0. The lowest BCUT2D eigenvalue weighted by molar-refractivity contribution is 0.292. The summed E-state index contributed by atoms with van der Waals surface area (Å²) in [5, 5.41) is 8.81. The van der Waals surface area contributed by atoms with E-state index in [1.54, 1.807) is 12.1 Å². The zero-order valence-corrected chi connectivity index (χ0v) is 8.65. The lowest BCUT2D eigenvalue weighted by Gasteiger charge is -2.23. The van der Waals surface area contributed by atoms with Gasteiger partial charge in [-0.05, 0) is 17.2 Å². The maximum atomic E-state index is 14.0. The molecular weight excluding hydrogens is 203 g/mol. The van der Waals surface area contributed by atoms with E-state index < -0.39 is 5.67 Å². The number of alkyl halides is 1. The van der Waals surface area contributed by atoms with Crippen LogP contribution in [-0.4, -0.2) is 5.67 Å². The Hall–Kier alpha value is -2.08. The summed E-state index contributed by atoms with van der Waals surface area (Å²) in [5.41, 5.74) is 5.11. The van der Waals surface area contributed by atoms with Gasteiger partial charge >= 0.3 is 0 Å². The minimum atomic E-state index is -2.07. The maximum absolute atomic E-state index is 14.0. The van der Waals surface area contributed by atoms with Crippen molar-refractivity contribution in [3.05, 3.63) is 53.7 Å². The number of halogens is 1. The molecule has 0 heterocycles. The highest BCUT2D eigenvalue weighted by Crippen LogP contribution is 2.34. The van der Waals surface area contributed by atoms with Crippen molar-refractivity contribution < 1.29 is 4.39 Å². The van der Waals surface area contributed by atoms with Crippen molar-refractivity contribution in [3.63, 3.8) is 0 Å². The molecule has 0 saturated carbocycles. The normalized spacial score (nSPS) is 24.2. The van der Waals surface area contributed by atoms with Crippen molar-refractivity contribution in [2.75, 3.05) is 0 Å². The third-order valence-electron chi connectivity index (χ3n) is 2.68. The molecule has 1 aliphatic carbocycles. The molecule has 2 rings (SSSR count). The Kier molecular flexibility index (Phi) is 2.49. The molecule has 0 amide bonds. The molecule has 80 valence electrons. The van der Waals surface area contributed by atoms with Crippen LogP contribution in [0.3, 0.4) is 0 Å². The zero-order chi connectivity index (χ0) is 11.6. The Bertz CT molecular complexity index is 496. The van der Waals surface area contributed by atoms with Crippen molar-refractivity contribution in [3.8, 4) is 6.07 Å². The van der Waals surface area contributed by atoms with Gasteiger partial charge in [-0.15, -0.1) is 0 Å². The highest BCUT2D eigenvalue weighted by Gasteiger charge is 2.36. The first-order chi connectivity index (χ1) is 7.65. The minimum absolute atomic E-state index is 0.00977. The molecule has 0 saturated heterocycles. The average molecular weight is 214 g/mol. The summed E-state index contributed by atoms with van der Waals surface area (Å²) in [6.07, 6.45) is 3.24. The predicted molar refractivity (Wildman–Crippen MR) is 60.8 cm³/mol. The van der Waals surface area contributed by atoms with Crippen molar-refractivity contribution in [2.24, 2.45) is 5.73 Å². The Labute approximate surface area is 93.5 Å². The topological polar surface area (TPSA) is 49.8 Å². The number of hydrogen-bond donors (Lipinski definition) is 1. The monoisotopic (exact) mass is 214 g/mol. The molecule has 3 heteroatoms. The van der Waals surface area contributed by atoms with Gasteiger partial charge in [0.15, 0.2) is 0 Å². The van der Waals surface area contributed by atoms with Crippen LogP contribution in [0, 0.1) is 11.3 Å². The molecular formula is C13H11FN2. The van der Waals surface area contributed by atoms with Gasteiger partial charge in [0, 0.05) is 6.42 Å². The summed E-state index contributed by atoms with van der Waals surface area (Å²) >= 11 is 0. The molecule has 1 aromatic rings. The molecule has 1 atom stereocenters. The Morgan fingerprint density at radius 1 is 1.25 bits per heavy atom. The van der Waals surface area contributed by atoms with Crippen molar-refractivity contribution in [1.29, 1.82) is 5.26 Å². The zero-order valence-electron chi connectivity index (χ0n) is 8.65. The molecule has 2 nitrogen and oxygen atoms in total. The summed E-state index contributed by atoms with van der Waals surface area (Å²) in [7, 11) is 0. The lowest BCUT2D eigenvalue weighted by Crippen LogP contribution is -2.30. The molecule has 0 spiro atoms. The van der Waals surface area contributed by atoms with Crippen LogP contribution in [0.5, 0.6) is 0 Å². The second kappa shape index (κ2) is 3.82. The Morgan fingerprint density at radius 3 is 2.56 bits per heavy atom. The number of benzene rings is 1. The van der Waals surface area contributed by atoms with Crippen LogP contribution in [0.15, 0.2) is 48.2 Å².